The van der Waals surface area contributed by atoms with Gasteiger partial charge in [0.05, 0.1) is 15.8 Å². The summed E-state index contributed by atoms with van der Waals surface area (Å²) in [6.07, 6.45) is 0. The number of aromatic nitrogens is 2. The van der Waals surface area contributed by atoms with Gasteiger partial charge in [0.2, 0.25) is 0 Å². The minimum atomic E-state index is 0.344. The van der Waals surface area contributed by atoms with Crippen molar-refractivity contribution in [2.24, 2.45) is 0 Å². The Morgan fingerprint density at radius 2 is 2.20 bits per heavy atom. The summed E-state index contributed by atoms with van der Waals surface area (Å²) in [5.41, 5.74) is 0.747. The van der Waals surface area contributed by atoms with Crippen LogP contribution in [0.1, 0.15) is 0 Å². The summed E-state index contributed by atoms with van der Waals surface area (Å²) < 4.78 is 5.98. The summed E-state index contributed by atoms with van der Waals surface area (Å²) in [5.74, 6) is 0.344. The molecule has 78 valence electrons. The summed E-state index contributed by atoms with van der Waals surface area (Å²) in [6, 6.07) is 5.66. The van der Waals surface area contributed by atoms with Gasteiger partial charge in [-0.3, -0.25) is 0 Å². The molecule has 2 rings (SSSR count). The molecule has 2 aromatic rings. The molecule has 0 aromatic carbocycles. The lowest BCUT2D eigenvalue weighted by Gasteiger charge is -2.01. The SMILES string of the molecule is COc1nnc(-c2ccc(Br)s2)cc1Cl. The van der Waals surface area contributed by atoms with Crippen LogP contribution in [0.5, 0.6) is 5.88 Å². The fourth-order valence-electron chi connectivity index (χ4n) is 1.07. The third-order valence-electron chi connectivity index (χ3n) is 1.74. The van der Waals surface area contributed by atoms with E-state index in [-0.39, 0.29) is 0 Å². The molecule has 6 heteroatoms. The maximum absolute atomic E-state index is 5.95. The van der Waals surface area contributed by atoms with Crippen molar-refractivity contribution in [2.75, 3.05) is 7.11 Å². The second-order valence-corrected chi connectivity index (χ2v) is 5.56. The molecule has 0 saturated carbocycles. The van der Waals surface area contributed by atoms with Crippen molar-refractivity contribution in [3.63, 3.8) is 0 Å². The minimum absolute atomic E-state index is 0.344. The topological polar surface area (TPSA) is 35.0 Å². The fourth-order valence-corrected chi connectivity index (χ4v) is 2.63. The second kappa shape index (κ2) is 4.47. The third-order valence-corrected chi connectivity index (χ3v) is 3.65. The molecule has 0 aliphatic rings. The summed E-state index contributed by atoms with van der Waals surface area (Å²) in [4.78, 5) is 1.01. The van der Waals surface area contributed by atoms with Crippen LogP contribution in [0.25, 0.3) is 10.6 Å². The van der Waals surface area contributed by atoms with Crippen LogP contribution in [0.2, 0.25) is 5.02 Å². The highest BCUT2D eigenvalue weighted by Gasteiger charge is 2.08. The number of nitrogens with zero attached hydrogens (tertiary/aromatic N) is 2. The average Bonchev–Trinajstić information content (AvgIpc) is 2.65. The van der Waals surface area contributed by atoms with Gasteiger partial charge in [0.25, 0.3) is 5.88 Å². The number of hydrogen-bond acceptors (Lipinski definition) is 4. The first-order valence-electron chi connectivity index (χ1n) is 4.03. The minimum Gasteiger partial charge on any atom is -0.479 e. The predicted octanol–water partition coefficient (Wildman–Crippen LogP) is 3.63. The quantitative estimate of drug-likeness (QED) is 0.850. The molecule has 0 saturated heterocycles. The van der Waals surface area contributed by atoms with Crippen LogP contribution in [-0.4, -0.2) is 17.3 Å². The number of rotatable bonds is 2. The lowest BCUT2D eigenvalue weighted by molar-refractivity contribution is 0.392. The van der Waals surface area contributed by atoms with Gasteiger partial charge < -0.3 is 4.74 Å². The van der Waals surface area contributed by atoms with Crippen molar-refractivity contribution in [3.05, 3.63) is 27.0 Å². The van der Waals surface area contributed by atoms with Crippen LogP contribution < -0.4 is 4.74 Å². The Hall–Kier alpha value is -0.650. The first kappa shape index (κ1) is 10.9. The normalized spacial score (nSPS) is 10.3. The van der Waals surface area contributed by atoms with E-state index in [0.717, 1.165) is 14.4 Å². The van der Waals surface area contributed by atoms with E-state index in [0.29, 0.717) is 10.9 Å². The van der Waals surface area contributed by atoms with Gasteiger partial charge in [-0.2, -0.15) is 0 Å². The molecular weight excluding hydrogens is 300 g/mol. The Labute approximate surface area is 104 Å². The summed E-state index contributed by atoms with van der Waals surface area (Å²) in [5, 5.41) is 8.36. The molecule has 0 radical (unpaired) electrons. The van der Waals surface area contributed by atoms with Gasteiger partial charge in [0.15, 0.2) is 0 Å². The number of hydrogen-bond donors (Lipinski definition) is 0. The smallest absolute Gasteiger partial charge is 0.252 e. The summed E-state index contributed by atoms with van der Waals surface area (Å²) in [6.45, 7) is 0. The van der Waals surface area contributed by atoms with E-state index in [2.05, 4.69) is 26.1 Å². The maximum Gasteiger partial charge on any atom is 0.252 e. The van der Waals surface area contributed by atoms with Gasteiger partial charge in [-0.05, 0) is 34.1 Å². The Morgan fingerprint density at radius 1 is 1.40 bits per heavy atom. The van der Waals surface area contributed by atoms with Crippen molar-refractivity contribution in [2.45, 2.75) is 0 Å². The van der Waals surface area contributed by atoms with Gasteiger partial charge in [-0.1, -0.05) is 11.6 Å². The highest BCUT2D eigenvalue weighted by molar-refractivity contribution is 9.11. The van der Waals surface area contributed by atoms with E-state index >= 15 is 0 Å². The van der Waals surface area contributed by atoms with Crippen LogP contribution >= 0.6 is 38.9 Å². The van der Waals surface area contributed by atoms with Crippen molar-refractivity contribution in [1.82, 2.24) is 10.2 Å². The zero-order valence-corrected chi connectivity index (χ0v) is 10.9. The monoisotopic (exact) mass is 304 g/mol. The largest absolute Gasteiger partial charge is 0.479 e. The molecule has 0 atom stereocenters. The van der Waals surface area contributed by atoms with E-state index in [1.165, 1.54) is 7.11 Å². The van der Waals surface area contributed by atoms with Crippen LogP contribution in [0, 0.1) is 0 Å². The molecule has 0 bridgehead atoms. The number of thiophene rings is 1. The van der Waals surface area contributed by atoms with E-state index < -0.39 is 0 Å². The standard InChI is InChI=1S/C9H6BrClN2OS/c1-14-9-5(11)4-6(12-13-9)7-2-3-8(10)15-7/h2-4H,1H3. The Balaban J connectivity index is 2.42. The summed E-state index contributed by atoms with van der Waals surface area (Å²) in [7, 11) is 1.51. The zero-order valence-electron chi connectivity index (χ0n) is 7.70. The first-order valence-corrected chi connectivity index (χ1v) is 6.02. The lowest BCUT2D eigenvalue weighted by atomic mass is 10.3. The molecule has 0 spiro atoms. The van der Waals surface area contributed by atoms with Gasteiger partial charge in [0, 0.05) is 0 Å². The van der Waals surface area contributed by atoms with Crippen LogP contribution in [-0.2, 0) is 0 Å². The molecule has 0 N–H and O–H groups in total. The van der Waals surface area contributed by atoms with Crippen LogP contribution in [0.4, 0.5) is 0 Å². The molecule has 0 fully saturated rings. The zero-order chi connectivity index (χ0) is 10.8. The molecule has 2 heterocycles. The molecule has 0 unspecified atom stereocenters. The first-order chi connectivity index (χ1) is 7.20. The number of halogens is 2. The molecule has 15 heavy (non-hydrogen) atoms. The molecule has 0 amide bonds. The molecular formula is C9H6BrClN2OS. The van der Waals surface area contributed by atoms with Crippen molar-refractivity contribution >= 4 is 38.9 Å². The van der Waals surface area contributed by atoms with Crippen molar-refractivity contribution in [3.8, 4) is 16.5 Å². The predicted molar refractivity (Wildman–Crippen MR) is 64.6 cm³/mol. The molecule has 0 aliphatic heterocycles. The lowest BCUT2D eigenvalue weighted by Crippen LogP contribution is -1.92. The van der Waals surface area contributed by atoms with E-state index in [1.54, 1.807) is 17.4 Å². The average molecular weight is 306 g/mol. The van der Waals surface area contributed by atoms with Gasteiger partial charge in [-0.25, -0.2) is 0 Å². The summed E-state index contributed by atoms with van der Waals surface area (Å²) >= 11 is 10.9. The number of ether oxygens (including phenoxy) is 1. The fraction of sp³-hybridized carbons (Fsp3) is 0.111. The van der Waals surface area contributed by atoms with E-state index in [1.807, 2.05) is 12.1 Å². The van der Waals surface area contributed by atoms with Crippen molar-refractivity contribution < 1.29 is 4.74 Å². The van der Waals surface area contributed by atoms with Gasteiger partial charge >= 0.3 is 0 Å². The maximum atomic E-state index is 5.95. The van der Waals surface area contributed by atoms with Gasteiger partial charge in [-0.15, -0.1) is 21.5 Å². The molecule has 3 nitrogen and oxygen atoms in total. The van der Waals surface area contributed by atoms with Crippen LogP contribution in [0.15, 0.2) is 22.0 Å². The van der Waals surface area contributed by atoms with Gasteiger partial charge in [0.1, 0.15) is 10.7 Å². The second-order valence-electron chi connectivity index (χ2n) is 2.69. The molecule has 2 aromatic heterocycles. The van der Waals surface area contributed by atoms with E-state index in [9.17, 15) is 0 Å². The highest BCUT2D eigenvalue weighted by Crippen LogP contribution is 2.32. The van der Waals surface area contributed by atoms with Crippen molar-refractivity contribution in [1.29, 1.82) is 0 Å². The number of methoxy groups -OCH3 is 1. The Morgan fingerprint density at radius 3 is 2.73 bits per heavy atom. The Kier molecular flexibility index (Phi) is 3.23. The third kappa shape index (κ3) is 2.30. The van der Waals surface area contributed by atoms with Crippen LogP contribution in [0.3, 0.4) is 0 Å². The van der Waals surface area contributed by atoms with E-state index in [4.69, 9.17) is 16.3 Å². The molecule has 0 aliphatic carbocycles. The Bertz CT molecular complexity index is 489. The highest BCUT2D eigenvalue weighted by atomic mass is 79.9.